The maximum atomic E-state index is 12.8. The summed E-state index contributed by atoms with van der Waals surface area (Å²) in [5, 5.41) is 0. The third kappa shape index (κ3) is 4.73. The summed E-state index contributed by atoms with van der Waals surface area (Å²) in [6.07, 6.45) is 1.91. The topological polar surface area (TPSA) is 53.1 Å². The monoisotopic (exact) mass is 373 g/mol. The smallest absolute Gasteiger partial charge is 0.263 e. The van der Waals surface area contributed by atoms with Crippen molar-refractivity contribution in [3.63, 3.8) is 0 Å². The summed E-state index contributed by atoms with van der Waals surface area (Å²) in [5.74, 6) is 1.49. The van der Waals surface area contributed by atoms with Gasteiger partial charge in [0, 0.05) is 46.2 Å². The van der Waals surface area contributed by atoms with Crippen molar-refractivity contribution in [2.45, 2.75) is 39.7 Å². The molecule has 0 aromatic heterocycles. The van der Waals surface area contributed by atoms with Crippen LogP contribution in [0, 0.1) is 5.92 Å². The van der Waals surface area contributed by atoms with Crippen LogP contribution in [-0.2, 0) is 9.59 Å². The number of anilines is 1. The van der Waals surface area contributed by atoms with E-state index in [9.17, 15) is 9.59 Å². The van der Waals surface area contributed by atoms with Crippen LogP contribution < -0.4 is 9.64 Å². The van der Waals surface area contributed by atoms with Gasteiger partial charge in [0.05, 0.1) is 5.69 Å². The average Bonchev–Trinajstić information content (AvgIpc) is 2.68. The highest BCUT2D eigenvalue weighted by molar-refractivity contribution is 5.81. The van der Waals surface area contributed by atoms with Crippen LogP contribution in [0.3, 0.4) is 0 Å². The van der Waals surface area contributed by atoms with E-state index >= 15 is 0 Å². The number of ether oxygens (including phenoxy) is 1. The molecule has 3 rings (SSSR count). The molecule has 1 aromatic rings. The minimum absolute atomic E-state index is 0.0139. The molecule has 0 saturated carbocycles. The van der Waals surface area contributed by atoms with E-state index in [-0.39, 0.29) is 11.8 Å². The van der Waals surface area contributed by atoms with E-state index < -0.39 is 6.10 Å². The van der Waals surface area contributed by atoms with Gasteiger partial charge >= 0.3 is 0 Å². The van der Waals surface area contributed by atoms with Crippen LogP contribution in [0.5, 0.6) is 5.75 Å². The molecule has 2 atom stereocenters. The Balaban J connectivity index is 1.63. The third-order valence-electron chi connectivity index (χ3n) is 5.55. The molecule has 148 valence electrons. The Morgan fingerprint density at radius 3 is 2.41 bits per heavy atom. The minimum atomic E-state index is -0.544. The van der Waals surface area contributed by atoms with Gasteiger partial charge < -0.3 is 19.4 Å². The van der Waals surface area contributed by atoms with Gasteiger partial charge in [-0.05, 0) is 37.8 Å². The first-order chi connectivity index (χ1) is 13.0. The maximum Gasteiger partial charge on any atom is 0.263 e. The first kappa shape index (κ1) is 19.5. The molecule has 0 N–H and O–H groups in total. The van der Waals surface area contributed by atoms with Crippen LogP contribution in [0.25, 0.3) is 0 Å². The van der Waals surface area contributed by atoms with Crippen molar-refractivity contribution >= 4 is 17.5 Å². The molecular formula is C21H31N3O3. The molecule has 0 radical (unpaired) electrons. The molecule has 2 saturated heterocycles. The number of piperazine rings is 1. The van der Waals surface area contributed by atoms with Crippen LogP contribution in [0.1, 0.15) is 33.6 Å². The van der Waals surface area contributed by atoms with E-state index in [2.05, 4.69) is 17.9 Å². The Bertz CT molecular complexity index is 670. The van der Waals surface area contributed by atoms with E-state index in [0.717, 1.165) is 24.5 Å². The van der Waals surface area contributed by atoms with E-state index in [1.54, 1.807) is 16.7 Å². The fraction of sp³-hybridized carbons (Fsp3) is 0.619. The van der Waals surface area contributed by atoms with Crippen LogP contribution in [0.2, 0.25) is 0 Å². The zero-order valence-corrected chi connectivity index (χ0v) is 16.7. The molecule has 0 bridgehead atoms. The highest BCUT2D eigenvalue weighted by Gasteiger charge is 2.28. The minimum Gasteiger partial charge on any atom is -0.479 e. The summed E-state index contributed by atoms with van der Waals surface area (Å²) in [5.41, 5.74) is 1.07. The third-order valence-corrected chi connectivity index (χ3v) is 5.55. The maximum absolute atomic E-state index is 12.8. The van der Waals surface area contributed by atoms with E-state index in [1.165, 1.54) is 12.8 Å². The molecule has 6 heteroatoms. The van der Waals surface area contributed by atoms with Gasteiger partial charge in [-0.3, -0.25) is 9.59 Å². The Labute approximate surface area is 162 Å². The largest absolute Gasteiger partial charge is 0.479 e. The molecule has 2 aliphatic heterocycles. The summed E-state index contributed by atoms with van der Waals surface area (Å²) < 4.78 is 6.11. The van der Waals surface area contributed by atoms with Crippen LogP contribution >= 0.6 is 0 Å². The lowest BCUT2D eigenvalue weighted by molar-refractivity contribution is -0.143. The Morgan fingerprint density at radius 1 is 1.07 bits per heavy atom. The molecule has 1 aromatic carbocycles. The second-order valence-electron chi connectivity index (χ2n) is 7.75. The predicted octanol–water partition coefficient (Wildman–Crippen LogP) is 2.38. The number of carbonyl (C=O) groups excluding carboxylic acids is 2. The number of piperidine rings is 1. The molecular weight excluding hydrogens is 342 g/mol. The number of hydrogen-bond acceptors (Lipinski definition) is 4. The zero-order valence-electron chi connectivity index (χ0n) is 16.7. The van der Waals surface area contributed by atoms with Gasteiger partial charge in [-0.25, -0.2) is 0 Å². The number of hydrogen-bond donors (Lipinski definition) is 0. The highest BCUT2D eigenvalue weighted by Crippen LogP contribution is 2.32. The lowest BCUT2D eigenvalue weighted by Crippen LogP contribution is -2.52. The summed E-state index contributed by atoms with van der Waals surface area (Å²) in [6.45, 7) is 10.0. The van der Waals surface area contributed by atoms with Crippen molar-refractivity contribution < 1.29 is 14.3 Å². The van der Waals surface area contributed by atoms with Gasteiger partial charge in [0.25, 0.3) is 5.91 Å². The lowest BCUT2D eigenvalue weighted by atomic mass is 9.99. The van der Waals surface area contributed by atoms with Crippen LogP contribution in [0.4, 0.5) is 5.69 Å². The van der Waals surface area contributed by atoms with Gasteiger partial charge in [-0.15, -0.1) is 0 Å². The second kappa shape index (κ2) is 8.63. The van der Waals surface area contributed by atoms with Crippen LogP contribution in [0.15, 0.2) is 24.3 Å². The number of benzene rings is 1. The summed E-state index contributed by atoms with van der Waals surface area (Å²) in [7, 11) is 0. The summed E-state index contributed by atoms with van der Waals surface area (Å²) in [4.78, 5) is 30.2. The van der Waals surface area contributed by atoms with Crippen molar-refractivity contribution in [2.75, 3.05) is 44.2 Å². The first-order valence-corrected chi connectivity index (χ1v) is 10.0. The SMILES string of the molecule is CC(=O)N1CCN(C(=O)C(C)Oc2ccccc2N2CCCC(C)C2)CC1. The fourth-order valence-corrected chi connectivity index (χ4v) is 3.97. The highest BCUT2D eigenvalue weighted by atomic mass is 16.5. The molecule has 2 fully saturated rings. The normalized spacial score (nSPS) is 21.7. The van der Waals surface area contributed by atoms with Gasteiger partial charge in [0.1, 0.15) is 5.75 Å². The molecule has 2 aliphatic rings. The molecule has 2 amide bonds. The Hall–Kier alpha value is -2.24. The molecule has 27 heavy (non-hydrogen) atoms. The van der Waals surface area contributed by atoms with E-state index in [0.29, 0.717) is 32.1 Å². The molecule has 6 nitrogen and oxygen atoms in total. The van der Waals surface area contributed by atoms with Gasteiger partial charge in [0.15, 0.2) is 6.10 Å². The Kier molecular flexibility index (Phi) is 6.24. The fourth-order valence-electron chi connectivity index (χ4n) is 3.97. The van der Waals surface area contributed by atoms with Crippen molar-refractivity contribution in [3.05, 3.63) is 24.3 Å². The molecule has 0 spiro atoms. The number of rotatable bonds is 4. The summed E-state index contributed by atoms with van der Waals surface area (Å²) in [6, 6.07) is 8.01. The molecule has 2 heterocycles. The number of para-hydroxylation sites is 2. The van der Waals surface area contributed by atoms with Gasteiger partial charge in [-0.1, -0.05) is 19.1 Å². The molecule has 0 aliphatic carbocycles. The lowest BCUT2D eigenvalue weighted by Gasteiger charge is -2.36. The van der Waals surface area contributed by atoms with E-state index in [4.69, 9.17) is 4.74 Å². The standard InChI is InChI=1S/C21H31N3O3/c1-16-7-6-10-24(15-16)19-8-4-5-9-20(19)27-17(2)21(26)23-13-11-22(12-14-23)18(3)25/h4-5,8-9,16-17H,6-7,10-15H2,1-3H3. The zero-order chi connectivity index (χ0) is 19.4. The van der Waals surface area contributed by atoms with Crippen molar-refractivity contribution in [1.29, 1.82) is 0 Å². The van der Waals surface area contributed by atoms with Crippen molar-refractivity contribution in [3.8, 4) is 5.75 Å². The van der Waals surface area contributed by atoms with Crippen molar-refractivity contribution in [1.82, 2.24) is 9.80 Å². The quantitative estimate of drug-likeness (QED) is 0.813. The summed E-state index contributed by atoms with van der Waals surface area (Å²) >= 11 is 0. The van der Waals surface area contributed by atoms with E-state index in [1.807, 2.05) is 25.1 Å². The number of amides is 2. The van der Waals surface area contributed by atoms with Crippen molar-refractivity contribution in [2.24, 2.45) is 5.92 Å². The molecule has 2 unspecified atom stereocenters. The predicted molar refractivity (Wildman–Crippen MR) is 106 cm³/mol. The van der Waals surface area contributed by atoms with Gasteiger partial charge in [0.2, 0.25) is 5.91 Å². The average molecular weight is 373 g/mol. The number of carbonyl (C=O) groups is 2. The number of nitrogens with zero attached hydrogens (tertiary/aromatic N) is 3. The van der Waals surface area contributed by atoms with Gasteiger partial charge in [-0.2, -0.15) is 0 Å². The Morgan fingerprint density at radius 2 is 1.74 bits per heavy atom. The van der Waals surface area contributed by atoms with Crippen LogP contribution in [-0.4, -0.2) is 67.0 Å². The first-order valence-electron chi connectivity index (χ1n) is 10.0. The second-order valence-corrected chi connectivity index (χ2v) is 7.75.